The molecule has 0 aliphatic carbocycles. The van der Waals surface area contributed by atoms with Crippen molar-refractivity contribution in [3.8, 4) is 0 Å². The van der Waals surface area contributed by atoms with Crippen LogP contribution in [0, 0.1) is 18.6 Å². The van der Waals surface area contributed by atoms with Gasteiger partial charge in [0, 0.05) is 5.56 Å². The SMILES string of the molecule is Cc1ccc(F)c(CC(=O)O)c1F. The number of halogens is 2. The molecule has 70 valence electrons. The molecular formula is C9H8F2O2. The molecule has 0 bridgehead atoms. The van der Waals surface area contributed by atoms with E-state index in [0.717, 1.165) is 6.07 Å². The lowest BCUT2D eigenvalue weighted by molar-refractivity contribution is -0.136. The summed E-state index contributed by atoms with van der Waals surface area (Å²) < 4.78 is 26.0. The standard InChI is InChI=1S/C9H8F2O2/c1-5-2-3-7(10)6(9(5)11)4-8(12)13/h2-3H,4H2,1H3,(H,12,13). The van der Waals surface area contributed by atoms with Crippen LogP contribution in [0.5, 0.6) is 0 Å². The number of carboxylic acid groups (broad SMARTS) is 1. The first kappa shape index (κ1) is 9.64. The van der Waals surface area contributed by atoms with Crippen LogP contribution in [-0.4, -0.2) is 11.1 Å². The van der Waals surface area contributed by atoms with E-state index in [1.807, 2.05) is 0 Å². The molecule has 0 unspecified atom stereocenters. The average Bonchev–Trinajstić information content (AvgIpc) is 2.05. The molecule has 1 rings (SSSR count). The summed E-state index contributed by atoms with van der Waals surface area (Å²) in [6, 6.07) is 2.34. The lowest BCUT2D eigenvalue weighted by Crippen LogP contribution is -2.06. The molecule has 0 radical (unpaired) electrons. The lowest BCUT2D eigenvalue weighted by Gasteiger charge is -2.03. The van der Waals surface area contributed by atoms with Gasteiger partial charge in [-0.25, -0.2) is 8.78 Å². The van der Waals surface area contributed by atoms with Crippen LogP contribution in [0.3, 0.4) is 0 Å². The Bertz CT molecular complexity index is 348. The van der Waals surface area contributed by atoms with Crippen LogP contribution in [0.1, 0.15) is 11.1 Å². The normalized spacial score (nSPS) is 10.1. The molecule has 0 amide bonds. The number of aliphatic carboxylic acids is 1. The van der Waals surface area contributed by atoms with Crippen LogP contribution in [0.4, 0.5) is 8.78 Å². The summed E-state index contributed by atoms with van der Waals surface area (Å²) in [6.07, 6.45) is -0.626. The van der Waals surface area contributed by atoms with Gasteiger partial charge in [0.15, 0.2) is 0 Å². The van der Waals surface area contributed by atoms with Crippen molar-refractivity contribution >= 4 is 5.97 Å². The molecule has 0 saturated heterocycles. The molecule has 0 saturated carbocycles. The van der Waals surface area contributed by atoms with Gasteiger partial charge in [-0.15, -0.1) is 0 Å². The average molecular weight is 186 g/mol. The van der Waals surface area contributed by atoms with Crippen LogP contribution in [-0.2, 0) is 11.2 Å². The zero-order valence-electron chi connectivity index (χ0n) is 6.97. The smallest absolute Gasteiger partial charge is 0.308 e. The molecule has 1 aromatic rings. The fourth-order valence-electron chi connectivity index (χ4n) is 1.03. The van der Waals surface area contributed by atoms with Crippen molar-refractivity contribution in [3.05, 3.63) is 34.9 Å². The molecule has 0 heterocycles. The maximum atomic E-state index is 13.1. The van der Waals surface area contributed by atoms with E-state index >= 15 is 0 Å². The van der Waals surface area contributed by atoms with E-state index in [2.05, 4.69) is 0 Å². The molecule has 2 nitrogen and oxygen atoms in total. The first-order chi connectivity index (χ1) is 6.02. The zero-order chi connectivity index (χ0) is 10.0. The summed E-state index contributed by atoms with van der Waals surface area (Å²) in [6.45, 7) is 1.46. The fourth-order valence-corrected chi connectivity index (χ4v) is 1.03. The number of hydrogen-bond acceptors (Lipinski definition) is 1. The minimum atomic E-state index is -1.25. The minimum absolute atomic E-state index is 0.248. The molecule has 4 heteroatoms. The Kier molecular flexibility index (Phi) is 2.60. The topological polar surface area (TPSA) is 37.3 Å². The van der Waals surface area contributed by atoms with E-state index in [-0.39, 0.29) is 11.1 Å². The van der Waals surface area contributed by atoms with Crippen LogP contribution < -0.4 is 0 Å². The Hall–Kier alpha value is -1.45. The third-order valence-corrected chi connectivity index (χ3v) is 1.71. The highest BCUT2D eigenvalue weighted by Gasteiger charge is 2.13. The first-order valence-corrected chi connectivity index (χ1v) is 3.67. The van der Waals surface area contributed by atoms with Crippen molar-refractivity contribution in [2.24, 2.45) is 0 Å². The van der Waals surface area contributed by atoms with E-state index < -0.39 is 24.0 Å². The second-order valence-electron chi connectivity index (χ2n) is 2.73. The second kappa shape index (κ2) is 3.51. The summed E-state index contributed by atoms with van der Waals surface area (Å²) in [5.41, 5.74) is -0.134. The van der Waals surface area contributed by atoms with Gasteiger partial charge in [-0.2, -0.15) is 0 Å². The van der Waals surface area contributed by atoms with Gasteiger partial charge in [-0.1, -0.05) is 6.07 Å². The quantitative estimate of drug-likeness (QED) is 0.765. The second-order valence-corrected chi connectivity index (χ2v) is 2.73. The van der Waals surface area contributed by atoms with E-state index in [1.54, 1.807) is 0 Å². The van der Waals surface area contributed by atoms with Crippen molar-refractivity contribution in [2.75, 3.05) is 0 Å². The molecule has 0 aliphatic heterocycles. The van der Waals surface area contributed by atoms with Crippen LogP contribution in [0.15, 0.2) is 12.1 Å². The highest BCUT2D eigenvalue weighted by molar-refractivity contribution is 5.70. The van der Waals surface area contributed by atoms with Crippen molar-refractivity contribution in [1.82, 2.24) is 0 Å². The maximum Gasteiger partial charge on any atom is 0.308 e. The number of aryl methyl sites for hydroxylation is 1. The van der Waals surface area contributed by atoms with Gasteiger partial charge >= 0.3 is 5.97 Å². The largest absolute Gasteiger partial charge is 0.481 e. The Morgan fingerprint density at radius 3 is 2.62 bits per heavy atom. The van der Waals surface area contributed by atoms with Crippen LogP contribution in [0.25, 0.3) is 0 Å². The molecular weight excluding hydrogens is 178 g/mol. The van der Waals surface area contributed by atoms with Gasteiger partial charge in [-0.3, -0.25) is 4.79 Å². The molecule has 1 aromatic carbocycles. The molecule has 0 aromatic heterocycles. The highest BCUT2D eigenvalue weighted by Crippen LogP contribution is 2.16. The maximum absolute atomic E-state index is 13.1. The summed E-state index contributed by atoms with van der Waals surface area (Å²) in [4.78, 5) is 10.3. The van der Waals surface area contributed by atoms with E-state index in [9.17, 15) is 13.6 Å². The predicted octanol–water partition coefficient (Wildman–Crippen LogP) is 1.90. The van der Waals surface area contributed by atoms with Crippen LogP contribution >= 0.6 is 0 Å². The molecule has 0 atom stereocenters. The number of hydrogen-bond donors (Lipinski definition) is 1. The number of rotatable bonds is 2. The summed E-state index contributed by atoms with van der Waals surface area (Å²) in [5, 5.41) is 8.37. The number of carboxylic acids is 1. The molecule has 13 heavy (non-hydrogen) atoms. The Morgan fingerprint density at radius 2 is 2.08 bits per heavy atom. The molecule has 1 N–H and O–H groups in total. The summed E-state index contributed by atoms with van der Waals surface area (Å²) in [5.74, 6) is -2.84. The predicted molar refractivity (Wildman–Crippen MR) is 42.4 cm³/mol. The van der Waals surface area contributed by atoms with Gasteiger partial charge in [-0.05, 0) is 18.6 Å². The summed E-state index contributed by atoms with van der Waals surface area (Å²) >= 11 is 0. The first-order valence-electron chi connectivity index (χ1n) is 3.67. The van der Waals surface area contributed by atoms with E-state index in [0.29, 0.717) is 0 Å². The number of carbonyl (C=O) groups is 1. The third kappa shape index (κ3) is 2.02. The molecule has 0 fully saturated rings. The Balaban J connectivity index is 3.17. The monoisotopic (exact) mass is 186 g/mol. The van der Waals surface area contributed by atoms with Crippen molar-refractivity contribution < 1.29 is 18.7 Å². The zero-order valence-corrected chi connectivity index (χ0v) is 6.97. The molecule has 0 spiro atoms. The van der Waals surface area contributed by atoms with E-state index in [1.165, 1.54) is 13.0 Å². The fraction of sp³-hybridized carbons (Fsp3) is 0.222. The van der Waals surface area contributed by atoms with Crippen molar-refractivity contribution in [2.45, 2.75) is 13.3 Å². The minimum Gasteiger partial charge on any atom is -0.481 e. The number of benzene rings is 1. The van der Waals surface area contributed by atoms with E-state index in [4.69, 9.17) is 5.11 Å². The van der Waals surface area contributed by atoms with Crippen molar-refractivity contribution in [3.63, 3.8) is 0 Å². The summed E-state index contributed by atoms with van der Waals surface area (Å²) in [7, 11) is 0. The van der Waals surface area contributed by atoms with Gasteiger partial charge in [0.2, 0.25) is 0 Å². The molecule has 0 aliphatic rings. The third-order valence-electron chi connectivity index (χ3n) is 1.71. The Labute approximate surface area is 73.8 Å². The van der Waals surface area contributed by atoms with Gasteiger partial charge in [0.05, 0.1) is 6.42 Å². The van der Waals surface area contributed by atoms with Crippen LogP contribution in [0.2, 0.25) is 0 Å². The van der Waals surface area contributed by atoms with Gasteiger partial charge in [0.1, 0.15) is 11.6 Å². The van der Waals surface area contributed by atoms with Gasteiger partial charge in [0.25, 0.3) is 0 Å². The Morgan fingerprint density at radius 1 is 1.46 bits per heavy atom. The van der Waals surface area contributed by atoms with Crippen molar-refractivity contribution in [1.29, 1.82) is 0 Å². The van der Waals surface area contributed by atoms with Gasteiger partial charge < -0.3 is 5.11 Å². The lowest BCUT2D eigenvalue weighted by atomic mass is 10.1. The highest BCUT2D eigenvalue weighted by atomic mass is 19.1.